The number of carbonyl (C=O) groups excluding carboxylic acids is 1. The van der Waals surface area contributed by atoms with Crippen LogP contribution in [0.15, 0.2) is 36.5 Å². The van der Waals surface area contributed by atoms with E-state index in [-0.39, 0.29) is 12.4 Å². The average Bonchev–Trinajstić information content (AvgIpc) is 3.05. The Bertz CT molecular complexity index is 775. The summed E-state index contributed by atoms with van der Waals surface area (Å²) in [6.45, 7) is 3.38. The molecule has 2 aliphatic rings. The summed E-state index contributed by atoms with van der Waals surface area (Å²) in [5.41, 5.74) is 5.18. The van der Waals surface area contributed by atoms with Crippen LogP contribution < -0.4 is 0 Å². The van der Waals surface area contributed by atoms with E-state index in [0.29, 0.717) is 11.7 Å². The molecule has 1 aliphatic heterocycles. The molecule has 1 aromatic carbocycles. The minimum absolute atomic E-state index is 0. The lowest BCUT2D eigenvalue weighted by atomic mass is 9.88. The highest BCUT2D eigenvalue weighted by Crippen LogP contribution is 2.29. The number of hydrogen-bond acceptors (Lipinski definition) is 2. The van der Waals surface area contributed by atoms with E-state index in [4.69, 9.17) is 0 Å². The Hall–Kier alpha value is -1.58. The lowest BCUT2D eigenvalue weighted by Crippen LogP contribution is -2.33. The molecule has 4 rings (SSSR count). The van der Waals surface area contributed by atoms with Gasteiger partial charge < -0.3 is 4.57 Å². The van der Waals surface area contributed by atoms with Crippen LogP contribution in [0.4, 0.5) is 0 Å². The number of nitrogens with zero attached hydrogens (tertiary/aromatic N) is 2. The van der Waals surface area contributed by atoms with Crippen LogP contribution in [0.2, 0.25) is 0 Å². The molecule has 0 amide bonds. The first kappa shape index (κ1) is 21.1. The van der Waals surface area contributed by atoms with Gasteiger partial charge in [0, 0.05) is 37.5 Å². The zero-order valence-corrected chi connectivity index (χ0v) is 17.8. The Balaban J connectivity index is 0.00000225. The first-order chi connectivity index (χ1) is 13.2. The van der Waals surface area contributed by atoms with Crippen molar-refractivity contribution >= 4 is 18.2 Å². The quantitative estimate of drug-likeness (QED) is 0.622. The number of halogens is 1. The largest absolute Gasteiger partial charge is 0.353 e. The number of Topliss-reactive ketones (excluding diaryl/α,β-unsaturated/α-hetero) is 1. The topological polar surface area (TPSA) is 25.2 Å². The SMILES string of the molecule is Cl.Cn1cc(C(=O)CCC2CCN(Cc3ccccc3)CC2)c2c1CCCC2. The molecule has 0 spiro atoms. The lowest BCUT2D eigenvalue weighted by molar-refractivity contribution is 0.0960. The van der Waals surface area contributed by atoms with Crippen molar-refractivity contribution in [2.75, 3.05) is 13.1 Å². The molecule has 1 aliphatic carbocycles. The molecule has 0 radical (unpaired) electrons. The molecule has 1 saturated heterocycles. The predicted octanol–water partition coefficient (Wildman–Crippen LogP) is 5.20. The van der Waals surface area contributed by atoms with Crippen LogP contribution in [0.25, 0.3) is 0 Å². The van der Waals surface area contributed by atoms with E-state index in [1.165, 1.54) is 42.5 Å². The van der Waals surface area contributed by atoms with Gasteiger partial charge in [-0.1, -0.05) is 30.3 Å². The monoisotopic (exact) mass is 400 g/mol. The zero-order valence-electron chi connectivity index (χ0n) is 17.0. The molecular formula is C24H33ClN2O. The molecule has 3 nitrogen and oxygen atoms in total. The number of aryl methyl sites for hydroxylation is 1. The smallest absolute Gasteiger partial charge is 0.164 e. The van der Waals surface area contributed by atoms with E-state index in [9.17, 15) is 4.79 Å². The molecular weight excluding hydrogens is 368 g/mol. The third kappa shape index (κ3) is 4.87. The number of piperidine rings is 1. The van der Waals surface area contributed by atoms with Crippen molar-refractivity contribution in [1.82, 2.24) is 9.47 Å². The van der Waals surface area contributed by atoms with E-state index in [2.05, 4.69) is 53.0 Å². The van der Waals surface area contributed by atoms with Crippen LogP contribution in [-0.2, 0) is 26.4 Å². The molecule has 1 aromatic heterocycles. The van der Waals surface area contributed by atoms with Crippen molar-refractivity contribution in [3.05, 3.63) is 58.9 Å². The summed E-state index contributed by atoms with van der Waals surface area (Å²) >= 11 is 0. The van der Waals surface area contributed by atoms with Crippen LogP contribution in [0.5, 0.6) is 0 Å². The number of fused-ring (bicyclic) bond motifs is 1. The maximum absolute atomic E-state index is 12.9. The molecule has 152 valence electrons. The molecule has 2 aromatic rings. The highest BCUT2D eigenvalue weighted by atomic mass is 35.5. The Morgan fingerprint density at radius 3 is 2.54 bits per heavy atom. The second-order valence-corrected chi connectivity index (χ2v) is 8.45. The van der Waals surface area contributed by atoms with Crippen molar-refractivity contribution < 1.29 is 4.79 Å². The fraction of sp³-hybridized carbons (Fsp3) is 0.542. The van der Waals surface area contributed by atoms with Gasteiger partial charge in [-0.05, 0) is 75.1 Å². The molecule has 2 heterocycles. The summed E-state index contributed by atoms with van der Waals surface area (Å²) in [4.78, 5) is 15.4. The van der Waals surface area contributed by atoms with Gasteiger partial charge in [0.2, 0.25) is 0 Å². The average molecular weight is 401 g/mol. The van der Waals surface area contributed by atoms with E-state index in [1.807, 2.05) is 0 Å². The molecule has 0 bridgehead atoms. The molecule has 0 unspecified atom stereocenters. The Morgan fingerprint density at radius 2 is 1.79 bits per heavy atom. The van der Waals surface area contributed by atoms with Crippen molar-refractivity contribution in [2.24, 2.45) is 13.0 Å². The zero-order chi connectivity index (χ0) is 18.6. The number of benzene rings is 1. The van der Waals surface area contributed by atoms with Gasteiger partial charge in [0.05, 0.1) is 0 Å². The van der Waals surface area contributed by atoms with E-state index >= 15 is 0 Å². The van der Waals surface area contributed by atoms with Crippen LogP contribution >= 0.6 is 12.4 Å². The van der Waals surface area contributed by atoms with E-state index in [0.717, 1.165) is 50.9 Å². The minimum Gasteiger partial charge on any atom is -0.353 e. The predicted molar refractivity (Wildman–Crippen MR) is 117 cm³/mol. The third-order valence-corrected chi connectivity index (χ3v) is 6.55. The normalized spacial score (nSPS) is 17.8. The van der Waals surface area contributed by atoms with Crippen LogP contribution in [0, 0.1) is 5.92 Å². The van der Waals surface area contributed by atoms with Crippen LogP contribution in [0.1, 0.15) is 65.7 Å². The van der Waals surface area contributed by atoms with Crippen molar-refractivity contribution in [3.8, 4) is 0 Å². The summed E-state index contributed by atoms with van der Waals surface area (Å²) in [5.74, 6) is 1.08. The first-order valence-corrected chi connectivity index (χ1v) is 10.7. The summed E-state index contributed by atoms with van der Waals surface area (Å²) in [5, 5.41) is 0. The second-order valence-electron chi connectivity index (χ2n) is 8.45. The van der Waals surface area contributed by atoms with Crippen LogP contribution in [0.3, 0.4) is 0 Å². The number of aromatic nitrogens is 1. The van der Waals surface area contributed by atoms with Crippen molar-refractivity contribution in [1.29, 1.82) is 0 Å². The fourth-order valence-corrected chi connectivity index (χ4v) is 4.90. The summed E-state index contributed by atoms with van der Waals surface area (Å²) < 4.78 is 2.20. The molecule has 28 heavy (non-hydrogen) atoms. The molecule has 4 heteroatoms. The number of ketones is 1. The van der Waals surface area contributed by atoms with Gasteiger partial charge in [-0.2, -0.15) is 0 Å². The molecule has 0 saturated carbocycles. The second kappa shape index (κ2) is 9.76. The lowest BCUT2D eigenvalue weighted by Gasteiger charge is -2.32. The number of carbonyl (C=O) groups is 1. The highest BCUT2D eigenvalue weighted by Gasteiger charge is 2.24. The van der Waals surface area contributed by atoms with E-state index < -0.39 is 0 Å². The molecule has 0 atom stereocenters. The van der Waals surface area contributed by atoms with Gasteiger partial charge in [-0.15, -0.1) is 12.4 Å². The highest BCUT2D eigenvalue weighted by molar-refractivity contribution is 5.97. The summed E-state index contributed by atoms with van der Waals surface area (Å²) in [7, 11) is 2.10. The van der Waals surface area contributed by atoms with Crippen molar-refractivity contribution in [3.63, 3.8) is 0 Å². The van der Waals surface area contributed by atoms with Gasteiger partial charge in [-0.3, -0.25) is 9.69 Å². The third-order valence-electron chi connectivity index (χ3n) is 6.55. The van der Waals surface area contributed by atoms with Crippen LogP contribution in [-0.4, -0.2) is 28.3 Å². The Labute approximate surface area is 175 Å². The Morgan fingerprint density at radius 1 is 1.07 bits per heavy atom. The van der Waals surface area contributed by atoms with Gasteiger partial charge in [0.25, 0.3) is 0 Å². The molecule has 0 N–H and O–H groups in total. The number of likely N-dealkylation sites (tertiary alicyclic amines) is 1. The number of rotatable bonds is 6. The summed E-state index contributed by atoms with van der Waals surface area (Å²) in [6.07, 6.45) is 11.1. The summed E-state index contributed by atoms with van der Waals surface area (Å²) in [6, 6.07) is 10.7. The molecule has 1 fully saturated rings. The van der Waals surface area contributed by atoms with Gasteiger partial charge in [0.15, 0.2) is 5.78 Å². The van der Waals surface area contributed by atoms with Gasteiger partial charge in [0.1, 0.15) is 0 Å². The first-order valence-electron chi connectivity index (χ1n) is 10.7. The maximum Gasteiger partial charge on any atom is 0.164 e. The maximum atomic E-state index is 12.9. The van der Waals surface area contributed by atoms with E-state index in [1.54, 1.807) is 0 Å². The van der Waals surface area contributed by atoms with Crippen molar-refractivity contribution in [2.45, 2.75) is 57.9 Å². The Kier molecular flexibility index (Phi) is 7.36. The fourth-order valence-electron chi connectivity index (χ4n) is 4.90. The van der Waals surface area contributed by atoms with Gasteiger partial charge in [-0.25, -0.2) is 0 Å². The van der Waals surface area contributed by atoms with Gasteiger partial charge >= 0.3 is 0 Å². The number of hydrogen-bond donors (Lipinski definition) is 0. The standard InChI is InChI=1S/C24H32N2O.ClH/c1-25-18-22(21-9-5-6-10-23(21)25)24(27)12-11-19-13-15-26(16-14-19)17-20-7-3-2-4-8-20;/h2-4,7-8,18-19H,5-6,9-17H2,1H3;1H. The minimum atomic E-state index is 0.